The first-order chi connectivity index (χ1) is 8.11. The van der Waals surface area contributed by atoms with Crippen LogP contribution in [0, 0.1) is 11.7 Å². The number of anilines is 1. The van der Waals surface area contributed by atoms with Crippen LogP contribution in [0.1, 0.15) is 18.9 Å². The number of thiol groups is 1. The lowest BCUT2D eigenvalue weighted by Crippen LogP contribution is -2.38. The third kappa shape index (κ3) is 2.63. The number of hydrogen-bond acceptors (Lipinski definition) is 2. The van der Waals surface area contributed by atoms with Gasteiger partial charge in [0.1, 0.15) is 5.82 Å². The fraction of sp³-hybridized carbons (Fsp3) is 0.462. The van der Waals surface area contributed by atoms with Crippen molar-refractivity contribution in [3.8, 4) is 0 Å². The summed E-state index contributed by atoms with van der Waals surface area (Å²) in [6.45, 7) is 2.65. The van der Waals surface area contributed by atoms with Gasteiger partial charge in [-0.15, -0.1) is 0 Å². The summed E-state index contributed by atoms with van der Waals surface area (Å²) >= 11 is 4.22. The first kappa shape index (κ1) is 12.4. The molecule has 0 spiro atoms. The molecule has 0 bridgehead atoms. The van der Waals surface area contributed by atoms with Gasteiger partial charge in [-0.1, -0.05) is 13.0 Å². The second kappa shape index (κ2) is 5.08. The molecule has 1 aromatic rings. The molecule has 0 saturated heterocycles. The van der Waals surface area contributed by atoms with Gasteiger partial charge in [0.15, 0.2) is 0 Å². The van der Waals surface area contributed by atoms with E-state index in [4.69, 9.17) is 0 Å². The smallest absolute Gasteiger partial charge is 0.227 e. The maximum atomic E-state index is 13.3. The van der Waals surface area contributed by atoms with E-state index < -0.39 is 0 Å². The molecule has 4 heteroatoms. The van der Waals surface area contributed by atoms with Gasteiger partial charge < -0.3 is 4.90 Å². The topological polar surface area (TPSA) is 20.3 Å². The normalized spacial score (nSPS) is 16.9. The summed E-state index contributed by atoms with van der Waals surface area (Å²) in [5.41, 5.74) is 1.78. The second-order valence-electron chi connectivity index (χ2n) is 4.57. The molecule has 0 saturated carbocycles. The van der Waals surface area contributed by atoms with Crippen LogP contribution in [0.5, 0.6) is 0 Å². The fourth-order valence-corrected chi connectivity index (χ4v) is 2.20. The highest BCUT2D eigenvalue weighted by Gasteiger charge is 2.25. The highest BCUT2D eigenvalue weighted by Crippen LogP contribution is 2.29. The Balaban J connectivity index is 2.32. The number of aryl methyl sites for hydroxylation is 1. The van der Waals surface area contributed by atoms with E-state index in [9.17, 15) is 9.18 Å². The van der Waals surface area contributed by atoms with Crippen LogP contribution in [-0.2, 0) is 11.2 Å². The molecule has 1 aliphatic rings. The number of benzene rings is 1. The highest BCUT2D eigenvalue weighted by atomic mass is 32.1. The number of carbonyl (C=O) groups is 1. The van der Waals surface area contributed by atoms with Crippen molar-refractivity contribution in [1.82, 2.24) is 0 Å². The minimum absolute atomic E-state index is 0.0803. The number of fused-ring (bicyclic) bond motifs is 1. The van der Waals surface area contributed by atoms with Crippen LogP contribution in [-0.4, -0.2) is 18.2 Å². The van der Waals surface area contributed by atoms with E-state index in [0.29, 0.717) is 31.1 Å². The third-order valence-electron chi connectivity index (χ3n) is 3.05. The van der Waals surface area contributed by atoms with Gasteiger partial charge in [-0.2, -0.15) is 12.6 Å². The van der Waals surface area contributed by atoms with E-state index in [0.717, 1.165) is 11.3 Å². The molecule has 0 radical (unpaired) electrons. The van der Waals surface area contributed by atoms with Crippen molar-refractivity contribution in [3.63, 3.8) is 0 Å². The van der Waals surface area contributed by atoms with E-state index in [1.165, 1.54) is 12.1 Å². The average molecular weight is 253 g/mol. The molecule has 0 fully saturated rings. The minimum Gasteiger partial charge on any atom is -0.312 e. The van der Waals surface area contributed by atoms with Gasteiger partial charge in [-0.25, -0.2) is 4.39 Å². The maximum absolute atomic E-state index is 13.3. The van der Waals surface area contributed by atoms with Crippen LogP contribution < -0.4 is 4.90 Å². The lowest BCUT2D eigenvalue weighted by molar-refractivity contribution is -0.119. The Labute approximate surface area is 106 Å². The van der Waals surface area contributed by atoms with Gasteiger partial charge >= 0.3 is 0 Å². The molecule has 0 aromatic heterocycles. The molecule has 1 atom stereocenters. The van der Waals surface area contributed by atoms with Gasteiger partial charge in [-0.3, -0.25) is 4.79 Å². The molecule has 92 valence electrons. The Morgan fingerprint density at radius 3 is 2.94 bits per heavy atom. The minimum atomic E-state index is -0.290. The number of nitrogens with zero attached hydrogens (tertiary/aromatic N) is 1. The van der Waals surface area contributed by atoms with Gasteiger partial charge in [0.25, 0.3) is 0 Å². The largest absolute Gasteiger partial charge is 0.312 e. The quantitative estimate of drug-likeness (QED) is 0.821. The average Bonchev–Trinajstić information content (AvgIpc) is 2.32. The van der Waals surface area contributed by atoms with Gasteiger partial charge in [0.2, 0.25) is 5.91 Å². The van der Waals surface area contributed by atoms with Crippen LogP contribution in [0.3, 0.4) is 0 Å². The second-order valence-corrected chi connectivity index (χ2v) is 4.93. The molecule has 2 nitrogen and oxygen atoms in total. The third-order valence-corrected chi connectivity index (χ3v) is 3.68. The molecular formula is C13H16FNOS. The standard InChI is InChI=1S/C13H16FNOS/c1-9(8-17)7-15-12-6-11(14)4-2-10(12)3-5-13(15)16/h2,4,6,9,17H,3,5,7-8H2,1H3. The Morgan fingerprint density at radius 2 is 2.24 bits per heavy atom. The molecule has 1 aromatic carbocycles. The molecule has 1 unspecified atom stereocenters. The predicted octanol–water partition coefficient (Wildman–Crippen LogP) is 2.67. The number of amides is 1. The lowest BCUT2D eigenvalue weighted by Gasteiger charge is -2.31. The zero-order valence-electron chi connectivity index (χ0n) is 9.82. The SMILES string of the molecule is CC(CS)CN1C(=O)CCc2ccc(F)cc21. The Hall–Kier alpha value is -1.03. The highest BCUT2D eigenvalue weighted by molar-refractivity contribution is 7.80. The maximum Gasteiger partial charge on any atom is 0.227 e. The van der Waals surface area contributed by atoms with Crippen LogP contribution in [0.4, 0.5) is 10.1 Å². The van der Waals surface area contributed by atoms with Gasteiger partial charge in [0, 0.05) is 18.7 Å². The summed E-state index contributed by atoms with van der Waals surface area (Å²) in [6.07, 6.45) is 1.22. The van der Waals surface area contributed by atoms with Crippen molar-refractivity contribution in [2.45, 2.75) is 19.8 Å². The van der Waals surface area contributed by atoms with Crippen LogP contribution in [0.15, 0.2) is 18.2 Å². The zero-order chi connectivity index (χ0) is 12.4. The Kier molecular flexibility index (Phi) is 3.72. The first-order valence-electron chi connectivity index (χ1n) is 5.81. The molecular weight excluding hydrogens is 237 g/mol. The summed E-state index contributed by atoms with van der Waals surface area (Å²) in [5.74, 6) is 0.809. The van der Waals surface area contributed by atoms with Crippen molar-refractivity contribution in [2.75, 3.05) is 17.2 Å². The van der Waals surface area contributed by atoms with Gasteiger partial charge in [-0.05, 0) is 35.8 Å². The summed E-state index contributed by atoms with van der Waals surface area (Å²) in [7, 11) is 0. The molecule has 1 aliphatic heterocycles. The molecule has 0 N–H and O–H groups in total. The predicted molar refractivity (Wildman–Crippen MR) is 70.1 cm³/mol. The van der Waals surface area contributed by atoms with Crippen LogP contribution >= 0.6 is 12.6 Å². The Bertz CT molecular complexity index is 435. The molecule has 17 heavy (non-hydrogen) atoms. The molecule has 2 rings (SSSR count). The Morgan fingerprint density at radius 1 is 1.47 bits per heavy atom. The van der Waals surface area contributed by atoms with Crippen molar-refractivity contribution in [2.24, 2.45) is 5.92 Å². The van der Waals surface area contributed by atoms with Gasteiger partial charge in [0.05, 0.1) is 0 Å². The van der Waals surface area contributed by atoms with Crippen molar-refractivity contribution in [1.29, 1.82) is 0 Å². The zero-order valence-corrected chi connectivity index (χ0v) is 10.7. The van der Waals surface area contributed by atoms with E-state index in [1.54, 1.807) is 11.0 Å². The van der Waals surface area contributed by atoms with Crippen LogP contribution in [0.2, 0.25) is 0 Å². The fourth-order valence-electron chi connectivity index (χ4n) is 2.08. The van der Waals surface area contributed by atoms with E-state index in [1.807, 2.05) is 6.92 Å². The summed E-state index contributed by atoms with van der Waals surface area (Å²) in [4.78, 5) is 13.6. The van der Waals surface area contributed by atoms with Crippen molar-refractivity contribution >= 4 is 24.2 Å². The van der Waals surface area contributed by atoms with Crippen molar-refractivity contribution in [3.05, 3.63) is 29.6 Å². The van der Waals surface area contributed by atoms with E-state index in [2.05, 4.69) is 12.6 Å². The number of carbonyl (C=O) groups excluding carboxylic acids is 1. The van der Waals surface area contributed by atoms with E-state index in [-0.39, 0.29) is 11.7 Å². The number of halogens is 1. The summed E-state index contributed by atoms with van der Waals surface area (Å²) in [6, 6.07) is 4.68. The molecule has 0 aliphatic carbocycles. The van der Waals surface area contributed by atoms with E-state index >= 15 is 0 Å². The lowest BCUT2D eigenvalue weighted by atomic mass is 10.00. The summed E-state index contributed by atoms with van der Waals surface area (Å²) in [5, 5.41) is 0. The van der Waals surface area contributed by atoms with Crippen LogP contribution in [0.25, 0.3) is 0 Å². The molecule has 1 amide bonds. The number of rotatable bonds is 3. The number of hydrogen-bond donors (Lipinski definition) is 1. The monoisotopic (exact) mass is 253 g/mol. The summed E-state index contributed by atoms with van der Waals surface area (Å²) < 4.78 is 13.3. The molecule has 1 heterocycles. The van der Waals surface area contributed by atoms with Crippen molar-refractivity contribution < 1.29 is 9.18 Å². The first-order valence-corrected chi connectivity index (χ1v) is 6.44.